The van der Waals surface area contributed by atoms with Crippen molar-refractivity contribution in [2.45, 2.75) is 13.5 Å². The van der Waals surface area contributed by atoms with E-state index in [1.807, 2.05) is 6.92 Å². The van der Waals surface area contributed by atoms with E-state index in [1.165, 1.54) is 6.07 Å². The molecule has 0 bridgehead atoms. The van der Waals surface area contributed by atoms with E-state index < -0.39 is 0 Å². The van der Waals surface area contributed by atoms with Crippen LogP contribution < -0.4 is 5.32 Å². The van der Waals surface area contributed by atoms with Gasteiger partial charge in [-0.3, -0.25) is 0 Å². The van der Waals surface area contributed by atoms with Crippen LogP contribution in [0.2, 0.25) is 5.15 Å². The SMILES string of the molecule is COCc1cc(Cl)nc(Nc2cc(C)ccc2F)n1. The van der Waals surface area contributed by atoms with Crippen LogP contribution in [-0.2, 0) is 11.3 Å². The van der Waals surface area contributed by atoms with Crippen molar-refractivity contribution >= 4 is 23.2 Å². The second-order valence-electron chi connectivity index (χ2n) is 4.05. The molecule has 0 radical (unpaired) electrons. The fourth-order valence-electron chi connectivity index (χ4n) is 1.60. The van der Waals surface area contributed by atoms with E-state index in [2.05, 4.69) is 15.3 Å². The molecule has 0 amide bonds. The topological polar surface area (TPSA) is 47.0 Å². The van der Waals surface area contributed by atoms with Crippen molar-refractivity contribution < 1.29 is 9.13 Å². The van der Waals surface area contributed by atoms with Crippen LogP contribution in [0.4, 0.5) is 16.0 Å². The van der Waals surface area contributed by atoms with E-state index in [1.54, 1.807) is 25.3 Å². The van der Waals surface area contributed by atoms with Gasteiger partial charge in [-0.1, -0.05) is 17.7 Å². The van der Waals surface area contributed by atoms with Gasteiger partial charge in [0.2, 0.25) is 5.95 Å². The molecule has 1 aromatic heterocycles. The van der Waals surface area contributed by atoms with Crippen LogP contribution >= 0.6 is 11.6 Å². The molecule has 1 aromatic carbocycles. The molecule has 4 nitrogen and oxygen atoms in total. The molecule has 0 atom stereocenters. The number of aryl methyl sites for hydroxylation is 1. The molecule has 2 rings (SSSR count). The number of hydrogen-bond donors (Lipinski definition) is 1. The van der Waals surface area contributed by atoms with Crippen LogP contribution in [0.15, 0.2) is 24.3 Å². The fourth-order valence-corrected chi connectivity index (χ4v) is 1.80. The summed E-state index contributed by atoms with van der Waals surface area (Å²) in [7, 11) is 1.56. The Balaban J connectivity index is 2.29. The van der Waals surface area contributed by atoms with Crippen LogP contribution in [0, 0.1) is 12.7 Å². The fraction of sp³-hybridized carbons (Fsp3) is 0.231. The molecule has 0 saturated heterocycles. The van der Waals surface area contributed by atoms with Gasteiger partial charge in [-0.15, -0.1) is 0 Å². The Morgan fingerprint density at radius 1 is 1.32 bits per heavy atom. The van der Waals surface area contributed by atoms with Crippen molar-refractivity contribution in [2.24, 2.45) is 0 Å². The van der Waals surface area contributed by atoms with Gasteiger partial charge in [-0.2, -0.15) is 0 Å². The zero-order valence-electron chi connectivity index (χ0n) is 10.6. The number of halogens is 2. The summed E-state index contributed by atoms with van der Waals surface area (Å²) in [6.45, 7) is 2.19. The van der Waals surface area contributed by atoms with Gasteiger partial charge in [0.25, 0.3) is 0 Å². The zero-order valence-corrected chi connectivity index (χ0v) is 11.3. The minimum Gasteiger partial charge on any atom is -0.378 e. The second kappa shape index (κ2) is 5.95. The molecule has 1 heterocycles. The second-order valence-corrected chi connectivity index (χ2v) is 4.43. The first-order valence-electron chi connectivity index (χ1n) is 5.64. The maximum absolute atomic E-state index is 13.6. The highest BCUT2D eigenvalue weighted by Gasteiger charge is 2.07. The van der Waals surface area contributed by atoms with Crippen molar-refractivity contribution in [3.05, 3.63) is 46.5 Å². The number of nitrogens with zero attached hydrogens (tertiary/aromatic N) is 2. The first-order valence-corrected chi connectivity index (χ1v) is 6.02. The summed E-state index contributed by atoms with van der Waals surface area (Å²) in [6, 6.07) is 6.35. The molecule has 2 aromatic rings. The molecule has 100 valence electrons. The summed E-state index contributed by atoms with van der Waals surface area (Å²) in [5.41, 5.74) is 1.87. The smallest absolute Gasteiger partial charge is 0.229 e. The molecule has 0 aliphatic heterocycles. The van der Waals surface area contributed by atoms with Gasteiger partial charge < -0.3 is 10.1 Å². The molecule has 0 aliphatic carbocycles. The lowest BCUT2D eigenvalue weighted by Crippen LogP contribution is -2.03. The number of benzene rings is 1. The first kappa shape index (κ1) is 13.7. The Bertz CT molecular complexity index is 592. The highest BCUT2D eigenvalue weighted by atomic mass is 35.5. The largest absolute Gasteiger partial charge is 0.378 e. The summed E-state index contributed by atoms with van der Waals surface area (Å²) >= 11 is 5.88. The molecule has 0 spiro atoms. The van der Waals surface area contributed by atoms with E-state index >= 15 is 0 Å². The summed E-state index contributed by atoms with van der Waals surface area (Å²) in [4.78, 5) is 8.19. The highest BCUT2D eigenvalue weighted by molar-refractivity contribution is 6.29. The Kier molecular flexibility index (Phi) is 4.29. The predicted molar refractivity (Wildman–Crippen MR) is 72.2 cm³/mol. The molecular formula is C13H13ClFN3O. The summed E-state index contributed by atoms with van der Waals surface area (Å²) in [5, 5.41) is 3.09. The third-order valence-corrected chi connectivity index (χ3v) is 2.60. The summed E-state index contributed by atoms with van der Waals surface area (Å²) < 4.78 is 18.6. The number of hydrogen-bond acceptors (Lipinski definition) is 4. The van der Waals surface area contributed by atoms with Crippen molar-refractivity contribution in [3.8, 4) is 0 Å². The number of anilines is 2. The van der Waals surface area contributed by atoms with Gasteiger partial charge in [0.1, 0.15) is 11.0 Å². The maximum atomic E-state index is 13.6. The van der Waals surface area contributed by atoms with Gasteiger partial charge in [-0.05, 0) is 30.7 Å². The Morgan fingerprint density at radius 2 is 2.11 bits per heavy atom. The Labute approximate surface area is 115 Å². The standard InChI is InChI=1S/C13H13ClFN3O/c1-8-3-4-10(15)11(5-8)17-13-16-9(7-19-2)6-12(14)18-13/h3-6H,7H2,1-2H3,(H,16,17,18). The molecular weight excluding hydrogens is 269 g/mol. The van der Waals surface area contributed by atoms with Crippen molar-refractivity contribution in [1.29, 1.82) is 0 Å². The normalized spacial score (nSPS) is 10.5. The van der Waals surface area contributed by atoms with Gasteiger partial charge in [0.15, 0.2) is 0 Å². The predicted octanol–water partition coefficient (Wildman–Crippen LogP) is 3.47. The average Bonchev–Trinajstić information content (AvgIpc) is 2.33. The molecule has 0 unspecified atom stereocenters. The Hall–Kier alpha value is -1.72. The van der Waals surface area contributed by atoms with Crippen LogP contribution in [0.25, 0.3) is 0 Å². The lowest BCUT2D eigenvalue weighted by Gasteiger charge is -2.08. The zero-order chi connectivity index (χ0) is 13.8. The number of aromatic nitrogens is 2. The van der Waals surface area contributed by atoms with Crippen molar-refractivity contribution in [3.63, 3.8) is 0 Å². The minimum absolute atomic E-state index is 0.240. The van der Waals surface area contributed by atoms with Crippen LogP contribution in [-0.4, -0.2) is 17.1 Å². The van der Waals surface area contributed by atoms with Crippen molar-refractivity contribution in [2.75, 3.05) is 12.4 Å². The van der Waals surface area contributed by atoms with Gasteiger partial charge in [0, 0.05) is 7.11 Å². The lowest BCUT2D eigenvalue weighted by molar-refractivity contribution is 0.181. The van der Waals surface area contributed by atoms with Gasteiger partial charge in [0.05, 0.1) is 18.0 Å². The highest BCUT2D eigenvalue weighted by Crippen LogP contribution is 2.20. The lowest BCUT2D eigenvalue weighted by atomic mass is 10.2. The molecule has 0 saturated carbocycles. The third kappa shape index (κ3) is 3.62. The van der Waals surface area contributed by atoms with Gasteiger partial charge >= 0.3 is 0 Å². The maximum Gasteiger partial charge on any atom is 0.229 e. The number of nitrogens with one attached hydrogen (secondary N) is 1. The molecule has 6 heteroatoms. The number of ether oxygens (including phenoxy) is 1. The summed E-state index contributed by atoms with van der Waals surface area (Å²) in [5.74, 6) is -0.133. The van der Waals surface area contributed by atoms with Gasteiger partial charge in [-0.25, -0.2) is 14.4 Å². The Morgan fingerprint density at radius 3 is 2.84 bits per heavy atom. The third-order valence-electron chi connectivity index (χ3n) is 2.41. The average molecular weight is 282 g/mol. The van der Waals surface area contributed by atoms with E-state index in [0.717, 1.165) is 5.56 Å². The number of methoxy groups -OCH3 is 1. The molecule has 19 heavy (non-hydrogen) atoms. The van der Waals surface area contributed by atoms with E-state index in [9.17, 15) is 4.39 Å². The van der Waals surface area contributed by atoms with Crippen LogP contribution in [0.5, 0.6) is 0 Å². The number of rotatable bonds is 4. The van der Waals surface area contributed by atoms with E-state index in [4.69, 9.17) is 16.3 Å². The van der Waals surface area contributed by atoms with E-state index in [0.29, 0.717) is 18.0 Å². The van der Waals surface area contributed by atoms with Crippen molar-refractivity contribution in [1.82, 2.24) is 9.97 Å². The molecule has 1 N–H and O–H groups in total. The quantitative estimate of drug-likeness (QED) is 0.872. The van der Waals surface area contributed by atoms with Crippen LogP contribution in [0.1, 0.15) is 11.3 Å². The first-order chi connectivity index (χ1) is 9.08. The van der Waals surface area contributed by atoms with E-state index in [-0.39, 0.29) is 16.9 Å². The molecule has 0 aliphatic rings. The minimum atomic E-state index is -0.373. The monoisotopic (exact) mass is 281 g/mol. The van der Waals surface area contributed by atoms with Crippen LogP contribution in [0.3, 0.4) is 0 Å². The molecule has 0 fully saturated rings. The summed E-state index contributed by atoms with van der Waals surface area (Å²) in [6.07, 6.45) is 0.